The number of rotatable bonds is 3. The molecule has 0 spiro atoms. The Balaban J connectivity index is 2.51. The summed E-state index contributed by atoms with van der Waals surface area (Å²) >= 11 is 5.95. The van der Waals surface area contributed by atoms with Crippen molar-refractivity contribution in [3.63, 3.8) is 0 Å². The van der Waals surface area contributed by atoms with Gasteiger partial charge in [-0.15, -0.1) is 0 Å². The van der Waals surface area contributed by atoms with Crippen LogP contribution in [0.5, 0.6) is 0 Å². The Bertz CT molecular complexity index is 599. The van der Waals surface area contributed by atoms with E-state index in [1.807, 2.05) is 6.07 Å². The highest BCUT2D eigenvalue weighted by molar-refractivity contribution is 6.30. The molecule has 0 aromatic heterocycles. The maximum Gasteiger partial charge on any atom is 0.131 e. The second kappa shape index (κ2) is 5.68. The van der Waals surface area contributed by atoms with Crippen LogP contribution in [-0.4, -0.2) is 7.05 Å². The van der Waals surface area contributed by atoms with Crippen LogP contribution >= 0.6 is 11.6 Å². The highest BCUT2D eigenvalue weighted by atomic mass is 35.5. The van der Waals surface area contributed by atoms with Crippen molar-refractivity contribution >= 4 is 11.6 Å². The molecule has 0 saturated carbocycles. The quantitative estimate of drug-likeness (QED) is 0.887. The fourth-order valence-corrected chi connectivity index (χ4v) is 2.29. The van der Waals surface area contributed by atoms with E-state index >= 15 is 0 Å². The third-order valence-corrected chi connectivity index (χ3v) is 3.29. The van der Waals surface area contributed by atoms with Crippen molar-refractivity contribution in [1.82, 2.24) is 5.32 Å². The fourth-order valence-electron chi connectivity index (χ4n) is 2.09. The molecule has 1 N–H and O–H groups in total. The Morgan fingerprint density at radius 1 is 1.11 bits per heavy atom. The van der Waals surface area contributed by atoms with Gasteiger partial charge in [0.2, 0.25) is 0 Å². The third kappa shape index (κ3) is 2.94. The lowest BCUT2D eigenvalue weighted by Crippen LogP contribution is -2.19. The molecule has 0 aliphatic rings. The van der Waals surface area contributed by atoms with Gasteiger partial charge in [-0.3, -0.25) is 0 Å². The molecule has 0 bridgehead atoms. The van der Waals surface area contributed by atoms with E-state index in [9.17, 15) is 8.78 Å². The summed E-state index contributed by atoms with van der Waals surface area (Å²) in [7, 11) is 1.73. The van der Waals surface area contributed by atoms with E-state index in [2.05, 4.69) is 5.32 Å². The Morgan fingerprint density at radius 3 is 2.47 bits per heavy atom. The average Bonchev–Trinajstić information content (AvgIpc) is 2.36. The Kier molecular flexibility index (Phi) is 4.17. The molecule has 0 aliphatic carbocycles. The van der Waals surface area contributed by atoms with Crippen LogP contribution in [0.4, 0.5) is 8.78 Å². The first-order chi connectivity index (χ1) is 9.02. The zero-order chi connectivity index (χ0) is 14.0. The fraction of sp³-hybridized carbons (Fsp3) is 0.200. The zero-order valence-electron chi connectivity index (χ0n) is 10.7. The lowest BCUT2D eigenvalue weighted by molar-refractivity contribution is 0.547. The maximum atomic E-state index is 13.9. The van der Waals surface area contributed by atoms with Gasteiger partial charge in [-0.1, -0.05) is 23.7 Å². The van der Waals surface area contributed by atoms with Crippen LogP contribution < -0.4 is 5.32 Å². The van der Waals surface area contributed by atoms with Gasteiger partial charge in [-0.05, 0) is 43.3 Å². The topological polar surface area (TPSA) is 12.0 Å². The normalized spacial score (nSPS) is 12.5. The van der Waals surface area contributed by atoms with Crippen LogP contribution in [-0.2, 0) is 0 Å². The second-order valence-corrected chi connectivity index (χ2v) is 4.84. The molecule has 0 saturated heterocycles. The molecule has 1 nitrogen and oxygen atoms in total. The molecule has 4 heteroatoms. The van der Waals surface area contributed by atoms with Crippen molar-refractivity contribution in [1.29, 1.82) is 0 Å². The molecule has 2 rings (SSSR count). The minimum absolute atomic E-state index is 0.363. The lowest BCUT2D eigenvalue weighted by Gasteiger charge is -2.19. The van der Waals surface area contributed by atoms with Crippen molar-refractivity contribution < 1.29 is 8.78 Å². The van der Waals surface area contributed by atoms with Crippen molar-refractivity contribution in [2.75, 3.05) is 7.05 Å². The van der Waals surface area contributed by atoms with Crippen molar-refractivity contribution in [2.45, 2.75) is 13.0 Å². The van der Waals surface area contributed by atoms with Crippen LogP contribution in [0.2, 0.25) is 5.02 Å². The number of aryl methyl sites for hydroxylation is 1. The summed E-state index contributed by atoms with van der Waals surface area (Å²) in [5.41, 5.74) is 1.65. The first-order valence-electron chi connectivity index (χ1n) is 5.91. The number of hydrogen-bond acceptors (Lipinski definition) is 1. The van der Waals surface area contributed by atoms with E-state index in [1.54, 1.807) is 32.2 Å². The monoisotopic (exact) mass is 281 g/mol. The molecule has 19 heavy (non-hydrogen) atoms. The summed E-state index contributed by atoms with van der Waals surface area (Å²) in [6, 6.07) is 9.25. The Labute approximate surface area is 116 Å². The van der Waals surface area contributed by atoms with E-state index in [1.165, 1.54) is 6.07 Å². The molecular weight excluding hydrogens is 268 g/mol. The summed E-state index contributed by atoms with van der Waals surface area (Å²) in [6.45, 7) is 1.61. The maximum absolute atomic E-state index is 13.9. The van der Waals surface area contributed by atoms with Crippen molar-refractivity contribution in [3.8, 4) is 0 Å². The van der Waals surface area contributed by atoms with Crippen molar-refractivity contribution in [2.24, 2.45) is 0 Å². The molecule has 0 radical (unpaired) electrons. The van der Waals surface area contributed by atoms with Crippen LogP contribution in [0.15, 0.2) is 36.4 Å². The highest BCUT2D eigenvalue weighted by Gasteiger charge is 2.18. The molecule has 0 aliphatic heterocycles. The predicted octanol–water partition coefficient (Wildman–Crippen LogP) is 4.24. The van der Waals surface area contributed by atoms with Gasteiger partial charge in [0.15, 0.2) is 0 Å². The molecule has 100 valence electrons. The summed E-state index contributed by atoms with van der Waals surface area (Å²) in [4.78, 5) is 0. The van der Waals surface area contributed by atoms with Gasteiger partial charge in [0, 0.05) is 16.7 Å². The van der Waals surface area contributed by atoms with Crippen molar-refractivity contribution in [3.05, 3.63) is 69.7 Å². The van der Waals surface area contributed by atoms with E-state index < -0.39 is 11.6 Å². The Morgan fingerprint density at radius 2 is 1.84 bits per heavy atom. The summed E-state index contributed by atoms with van der Waals surface area (Å²) in [6.07, 6.45) is 0. The number of nitrogens with one attached hydrogen (secondary N) is 1. The number of benzene rings is 2. The molecular formula is C15H14ClF2N. The van der Waals surface area contributed by atoms with Gasteiger partial charge >= 0.3 is 0 Å². The van der Waals surface area contributed by atoms with Crippen LogP contribution in [0.1, 0.15) is 22.7 Å². The summed E-state index contributed by atoms with van der Waals surface area (Å²) in [5, 5.41) is 3.61. The Hall–Kier alpha value is -1.45. The van der Waals surface area contributed by atoms with E-state index in [0.717, 1.165) is 11.6 Å². The summed E-state index contributed by atoms with van der Waals surface area (Å²) in [5.74, 6) is -1.11. The smallest absolute Gasteiger partial charge is 0.131 e. The standard InChI is InChI=1S/C15H14ClF2N/c1-9-6-12(14(18)8-13(9)17)15(19-2)10-4-3-5-11(16)7-10/h3-8,15,19H,1-2H3. The van der Waals surface area contributed by atoms with Gasteiger partial charge in [0.25, 0.3) is 0 Å². The highest BCUT2D eigenvalue weighted by Crippen LogP contribution is 2.27. The van der Waals surface area contributed by atoms with Crippen LogP contribution in [0, 0.1) is 18.6 Å². The molecule has 2 aromatic carbocycles. The third-order valence-electron chi connectivity index (χ3n) is 3.06. The van der Waals surface area contributed by atoms with E-state index in [-0.39, 0.29) is 6.04 Å². The van der Waals surface area contributed by atoms with E-state index in [0.29, 0.717) is 16.1 Å². The van der Waals surface area contributed by atoms with Gasteiger partial charge in [-0.25, -0.2) is 8.78 Å². The molecule has 2 aromatic rings. The SMILES string of the molecule is CNC(c1cccc(Cl)c1)c1cc(C)c(F)cc1F. The van der Waals surface area contributed by atoms with Gasteiger partial charge in [-0.2, -0.15) is 0 Å². The first-order valence-corrected chi connectivity index (χ1v) is 6.29. The number of halogens is 3. The van der Waals surface area contributed by atoms with Gasteiger partial charge < -0.3 is 5.32 Å². The van der Waals surface area contributed by atoms with E-state index in [4.69, 9.17) is 11.6 Å². The molecule has 1 unspecified atom stereocenters. The molecule has 1 atom stereocenters. The first kappa shape index (κ1) is 14.0. The average molecular weight is 282 g/mol. The summed E-state index contributed by atoms with van der Waals surface area (Å²) < 4.78 is 27.3. The molecule has 0 heterocycles. The largest absolute Gasteiger partial charge is 0.309 e. The molecule has 0 fully saturated rings. The minimum atomic E-state index is -0.567. The van der Waals surface area contributed by atoms with Crippen LogP contribution in [0.3, 0.4) is 0 Å². The minimum Gasteiger partial charge on any atom is -0.309 e. The lowest BCUT2D eigenvalue weighted by atomic mass is 9.97. The molecule has 0 amide bonds. The van der Waals surface area contributed by atoms with Crippen LogP contribution in [0.25, 0.3) is 0 Å². The number of hydrogen-bond donors (Lipinski definition) is 1. The van der Waals surface area contributed by atoms with Gasteiger partial charge in [0.1, 0.15) is 11.6 Å². The van der Waals surface area contributed by atoms with Gasteiger partial charge in [0.05, 0.1) is 6.04 Å². The predicted molar refractivity (Wildman–Crippen MR) is 73.4 cm³/mol. The zero-order valence-corrected chi connectivity index (χ0v) is 11.4. The second-order valence-electron chi connectivity index (χ2n) is 4.40.